The summed E-state index contributed by atoms with van der Waals surface area (Å²) in [7, 11) is 0. The van der Waals surface area contributed by atoms with Crippen LogP contribution in [0.3, 0.4) is 0 Å². The maximum absolute atomic E-state index is 15.5. The fourth-order valence-electron chi connectivity index (χ4n) is 10.9. The molecule has 98 heavy (non-hydrogen) atoms. The summed E-state index contributed by atoms with van der Waals surface area (Å²) in [6.45, 7) is 1.81. The van der Waals surface area contributed by atoms with E-state index in [-0.39, 0.29) is 121 Å². The number of carbonyl (C=O) groups is 9. The number of benzene rings is 4. The predicted octanol–water partition coefficient (Wildman–Crippen LogP) is -1.64. The number of guanidine groups is 4. The van der Waals surface area contributed by atoms with Crippen LogP contribution in [0.5, 0.6) is 0 Å². The van der Waals surface area contributed by atoms with E-state index < -0.39 is 101 Å². The summed E-state index contributed by atoms with van der Waals surface area (Å²) < 4.78 is 0. The van der Waals surface area contributed by atoms with Crippen LogP contribution in [-0.2, 0) is 68.8 Å². The number of para-hydroxylation sites is 2. The van der Waals surface area contributed by atoms with Gasteiger partial charge in [0.15, 0.2) is 23.8 Å². The first kappa shape index (κ1) is 75.3. The number of nitrogens with one attached hydrogen (secondary N) is 18. The van der Waals surface area contributed by atoms with Crippen LogP contribution in [0.1, 0.15) is 80.5 Å². The number of fused-ring (bicyclic) bond motifs is 2. The highest BCUT2D eigenvalue weighted by Crippen LogP contribution is 2.22. The number of aromatic amines is 2. The van der Waals surface area contributed by atoms with Crippen molar-refractivity contribution in [3.8, 4) is 0 Å². The average molecular weight is 1350 g/mol. The number of rotatable bonds is 40. The fourth-order valence-corrected chi connectivity index (χ4v) is 10.9. The quantitative estimate of drug-likeness (QED) is 0.0116. The molecule has 0 radical (unpaired) electrons. The molecule has 6 aromatic rings. The number of H-pyrrole nitrogens is 2. The minimum absolute atomic E-state index is 0.0315. The van der Waals surface area contributed by atoms with Gasteiger partial charge in [-0.15, -0.1) is 0 Å². The van der Waals surface area contributed by atoms with Crippen LogP contribution in [0.4, 0.5) is 0 Å². The van der Waals surface area contributed by atoms with E-state index in [0.717, 1.165) is 10.9 Å². The number of carbonyl (C=O) groups excluding carboxylic acids is 9. The Bertz CT molecular complexity index is 3730. The van der Waals surface area contributed by atoms with Gasteiger partial charge >= 0.3 is 0 Å². The van der Waals surface area contributed by atoms with Crippen molar-refractivity contribution in [1.29, 1.82) is 21.6 Å². The van der Waals surface area contributed by atoms with Crippen LogP contribution in [0.15, 0.2) is 122 Å². The molecule has 2 heterocycles. The van der Waals surface area contributed by atoms with E-state index in [1.165, 1.54) is 6.92 Å². The van der Waals surface area contributed by atoms with E-state index in [2.05, 4.69) is 73.8 Å². The van der Waals surface area contributed by atoms with Crippen molar-refractivity contribution in [2.75, 3.05) is 26.2 Å². The van der Waals surface area contributed by atoms with Crippen molar-refractivity contribution >= 4 is 98.8 Å². The first-order valence-corrected chi connectivity index (χ1v) is 32.1. The van der Waals surface area contributed by atoms with Gasteiger partial charge in [-0.3, -0.25) is 64.8 Å². The van der Waals surface area contributed by atoms with Gasteiger partial charge in [-0.2, -0.15) is 0 Å². The molecule has 0 fully saturated rings. The first-order chi connectivity index (χ1) is 46.9. The maximum Gasteiger partial charge on any atom is 0.243 e. The molecule has 0 spiro atoms. The standard InChI is InChI=1S/C66H91N23O9/c1-38(90)82-48(25-13-29-77-64(70)71)56(92)86-52(33-40-18-6-3-7-19-40)60(96)88-54(35-42-37-81-46-23-11-9-21-44(42)46)62(98)89-53(34-41-36-80-45-22-10-8-20-43(41)45)61(97)87-51(32-39-16-4-2-5-17-39)59(95)85-50(27-15-31-79-66(74)75)58(94)84-49(26-14-30-78-65(72)73)57(93)83-47(55(67)91)24-12-28-76-63(68)69/h2-11,16-23,36-37,47-54,80-81H,12-15,24-35H2,1H3,(H2,67,91)(H,82,90)(H,83,93)(H,84,94)(H,85,95)(H,86,92)(H,87,97)(H,88,96)(H,89,98)(H4,68,69,76)(H4,70,71,77)(H4,72,73,78)(H4,74,75,79)/t47-,48-,49-,50-,51-,52-,53-,54-/m0/s1. The Morgan fingerprint density at radius 1 is 0.347 bits per heavy atom. The monoisotopic (exact) mass is 1350 g/mol. The van der Waals surface area contributed by atoms with Crippen molar-refractivity contribution < 1.29 is 43.2 Å². The lowest BCUT2D eigenvalue weighted by Gasteiger charge is -2.28. The van der Waals surface area contributed by atoms with Crippen molar-refractivity contribution in [3.63, 3.8) is 0 Å². The Kier molecular flexibility index (Phi) is 29.6. The van der Waals surface area contributed by atoms with Gasteiger partial charge in [0.05, 0.1) is 0 Å². The van der Waals surface area contributed by atoms with Crippen LogP contribution in [0.25, 0.3) is 21.8 Å². The minimum Gasteiger partial charge on any atom is -0.370 e. The largest absolute Gasteiger partial charge is 0.370 e. The van der Waals surface area contributed by atoms with Crippen molar-refractivity contribution in [1.82, 2.24) is 73.8 Å². The molecule has 8 atom stereocenters. The van der Waals surface area contributed by atoms with Crippen molar-refractivity contribution in [2.24, 2.45) is 28.7 Å². The molecular formula is C66H91N23O9. The molecule has 524 valence electrons. The van der Waals surface area contributed by atoms with Crippen LogP contribution in [-0.4, -0.2) is 161 Å². The third-order valence-electron chi connectivity index (χ3n) is 15.9. The Hall–Kier alpha value is -11.7. The summed E-state index contributed by atoms with van der Waals surface area (Å²) in [5.74, 6) is -8.45. The molecule has 28 N–H and O–H groups in total. The minimum atomic E-state index is -1.51. The molecule has 0 saturated carbocycles. The van der Waals surface area contributed by atoms with Gasteiger partial charge in [-0.05, 0) is 85.8 Å². The third kappa shape index (κ3) is 25.2. The Labute approximate surface area is 566 Å². The predicted molar refractivity (Wildman–Crippen MR) is 371 cm³/mol. The highest BCUT2D eigenvalue weighted by Gasteiger charge is 2.36. The number of hydrogen-bond acceptors (Lipinski definition) is 13. The van der Waals surface area contributed by atoms with Crippen LogP contribution < -0.4 is 92.5 Å². The number of aromatic nitrogens is 2. The Morgan fingerprint density at radius 2 is 0.612 bits per heavy atom. The van der Waals surface area contributed by atoms with Gasteiger partial charge in [0.2, 0.25) is 53.2 Å². The summed E-state index contributed by atoms with van der Waals surface area (Å²) in [6.07, 6.45) is 3.58. The van der Waals surface area contributed by atoms with E-state index in [1.807, 2.05) is 42.5 Å². The first-order valence-electron chi connectivity index (χ1n) is 32.1. The zero-order valence-corrected chi connectivity index (χ0v) is 54.5. The smallest absolute Gasteiger partial charge is 0.243 e. The highest BCUT2D eigenvalue weighted by molar-refractivity contribution is 5.99. The Morgan fingerprint density at radius 3 is 0.929 bits per heavy atom. The van der Waals surface area contributed by atoms with Crippen molar-refractivity contribution in [3.05, 3.63) is 144 Å². The Balaban J connectivity index is 1.35. The van der Waals surface area contributed by atoms with Gasteiger partial charge in [0.1, 0.15) is 48.3 Å². The van der Waals surface area contributed by atoms with E-state index in [1.54, 1.807) is 79.1 Å². The van der Waals surface area contributed by atoms with Crippen molar-refractivity contribution in [2.45, 2.75) is 132 Å². The molecule has 0 aliphatic rings. The van der Waals surface area contributed by atoms with Gasteiger partial charge in [-0.25, -0.2) is 0 Å². The van der Waals surface area contributed by atoms with Gasteiger partial charge in [-0.1, -0.05) is 97.1 Å². The van der Waals surface area contributed by atoms with Crippen LogP contribution in [0.2, 0.25) is 0 Å². The molecular weight excluding hydrogens is 1260 g/mol. The number of nitrogens with two attached hydrogens (primary N) is 5. The molecule has 0 saturated heterocycles. The summed E-state index contributed by atoms with van der Waals surface area (Å²) in [6, 6.07) is 21.1. The average Bonchev–Trinajstić information content (AvgIpc) is 1.73. The molecule has 0 aliphatic carbocycles. The second-order valence-corrected chi connectivity index (χ2v) is 23.5. The van der Waals surface area contributed by atoms with E-state index in [0.29, 0.717) is 39.6 Å². The maximum atomic E-state index is 15.5. The topological polar surface area (TPSA) is 555 Å². The van der Waals surface area contributed by atoms with Gasteiger partial charge < -0.3 is 102 Å². The van der Waals surface area contributed by atoms with E-state index >= 15 is 19.2 Å². The lowest BCUT2D eigenvalue weighted by molar-refractivity contribution is -0.136. The molecule has 32 heteroatoms. The van der Waals surface area contributed by atoms with E-state index in [4.69, 9.17) is 50.3 Å². The summed E-state index contributed by atoms with van der Waals surface area (Å²) in [5.41, 5.74) is 31.5. The lowest BCUT2D eigenvalue weighted by Crippen LogP contribution is -2.61. The second kappa shape index (κ2) is 38.6. The van der Waals surface area contributed by atoms with Gasteiger partial charge in [0.25, 0.3) is 0 Å². The zero-order valence-electron chi connectivity index (χ0n) is 54.5. The molecule has 32 nitrogen and oxygen atoms in total. The normalized spacial score (nSPS) is 13.4. The molecule has 0 bridgehead atoms. The molecule has 2 aromatic heterocycles. The molecule has 0 unspecified atom stereocenters. The van der Waals surface area contributed by atoms with E-state index in [9.17, 15) is 24.0 Å². The second-order valence-electron chi connectivity index (χ2n) is 23.5. The lowest BCUT2D eigenvalue weighted by atomic mass is 9.99. The molecule has 9 amide bonds. The summed E-state index contributed by atoms with van der Waals surface area (Å²) >= 11 is 0. The molecule has 6 rings (SSSR count). The SMILES string of the molecule is CC(=O)N[C@@H](CCCNC(=N)N)C(=O)N[C@@H](Cc1ccccc1)C(=O)N[C@@H](Cc1c[nH]c2ccccc12)C(=O)N[C@@H](Cc1c[nH]c2ccccc12)C(=O)N[C@@H](Cc1ccccc1)C(=O)N[C@@H](CCCNC(=N)N)C(=O)N[C@@H](CCCNC(=N)N)C(=O)N[C@@H](CCCNC(=N)N)C(N)=O. The van der Waals surface area contributed by atoms with Crippen LogP contribution in [0, 0.1) is 21.6 Å². The van der Waals surface area contributed by atoms with Gasteiger partial charge in [0, 0.05) is 93.0 Å². The summed E-state index contributed by atoms with van der Waals surface area (Å²) in [4.78, 5) is 136. The van der Waals surface area contributed by atoms with Crippen LogP contribution >= 0.6 is 0 Å². The number of primary amides is 1. The fraction of sp³-hybridized carbons (Fsp3) is 0.379. The number of hydrogen-bond donors (Lipinski definition) is 23. The molecule has 4 aromatic carbocycles. The zero-order chi connectivity index (χ0) is 71.1. The third-order valence-corrected chi connectivity index (χ3v) is 15.9. The molecule has 0 aliphatic heterocycles. The number of amides is 9. The summed E-state index contributed by atoms with van der Waals surface area (Å²) in [5, 5.41) is 64.5. The highest BCUT2D eigenvalue weighted by atomic mass is 16.2.